The number of unbranched alkanes of at least 4 members (excludes halogenated alkanes) is 2. The van der Waals surface area contributed by atoms with E-state index < -0.39 is 0 Å². The average Bonchev–Trinajstić information content (AvgIpc) is 1.98. The van der Waals surface area contributed by atoms with Crippen LogP contribution in [0, 0.1) is 0 Å². The van der Waals surface area contributed by atoms with Crippen molar-refractivity contribution in [2.45, 2.75) is 19.3 Å². The second-order valence-electron chi connectivity index (χ2n) is 3.96. The summed E-state index contributed by atoms with van der Waals surface area (Å²) in [6, 6.07) is 0. The molecule has 0 fully saturated rings. The Bertz CT molecular complexity index is 105. The Kier molecular flexibility index (Phi) is 6.90. The third-order valence-corrected chi connectivity index (χ3v) is 2.37. The fraction of sp³-hybridized carbons (Fsp3) is 1.00. The average molecular weight is 191 g/mol. The Balaban J connectivity index is 3.33. The van der Waals surface area contributed by atoms with Gasteiger partial charge in [-0.05, 0) is 25.8 Å². The van der Waals surface area contributed by atoms with E-state index in [1.807, 2.05) is 0 Å². The van der Waals surface area contributed by atoms with Gasteiger partial charge in [-0.2, -0.15) is 12.6 Å². The molecule has 0 spiro atoms. The molecule has 0 amide bonds. The molecule has 3 heteroatoms. The Labute approximate surface area is 82.1 Å². The van der Waals surface area contributed by atoms with Crippen molar-refractivity contribution in [3.8, 4) is 0 Å². The van der Waals surface area contributed by atoms with Crippen molar-refractivity contribution in [1.29, 1.82) is 0 Å². The van der Waals surface area contributed by atoms with Crippen LogP contribution in [-0.4, -0.2) is 44.0 Å². The molecule has 0 rings (SSSR count). The minimum Gasteiger partial charge on any atom is -0.330 e. The molecule has 2 nitrogen and oxygen atoms in total. The number of nitrogens with zero attached hydrogens (tertiary/aromatic N) is 1. The second-order valence-corrected chi connectivity index (χ2v) is 4.40. The maximum atomic E-state index is 5.42. The molecule has 0 radical (unpaired) electrons. The first-order valence-corrected chi connectivity index (χ1v) is 5.38. The van der Waals surface area contributed by atoms with Crippen molar-refractivity contribution < 1.29 is 4.48 Å². The summed E-state index contributed by atoms with van der Waals surface area (Å²) in [5, 5.41) is 0. The zero-order chi connectivity index (χ0) is 9.45. The number of rotatable bonds is 7. The lowest BCUT2D eigenvalue weighted by atomic mass is 10.2. The van der Waals surface area contributed by atoms with Crippen LogP contribution in [0.5, 0.6) is 0 Å². The molecule has 74 valence electrons. The van der Waals surface area contributed by atoms with Gasteiger partial charge in [0.15, 0.2) is 0 Å². The Morgan fingerprint density at radius 1 is 1.08 bits per heavy atom. The predicted octanol–water partition coefficient (Wildman–Crippen LogP) is 1.12. The summed E-state index contributed by atoms with van der Waals surface area (Å²) in [5.41, 5.74) is 5.42. The third kappa shape index (κ3) is 6.95. The molecule has 0 bridgehead atoms. The standard InChI is InChI=1S/C9H22N2S/c1-11(2,8-9-12)7-5-3-4-6-10/h3-10H2,1-2H3/p+1. The maximum absolute atomic E-state index is 5.42. The van der Waals surface area contributed by atoms with Crippen LogP contribution in [0.4, 0.5) is 0 Å². The first-order valence-electron chi connectivity index (χ1n) is 4.75. The number of thiol groups is 1. The molecule has 0 aromatic carbocycles. The highest BCUT2D eigenvalue weighted by molar-refractivity contribution is 7.80. The van der Waals surface area contributed by atoms with Crippen LogP contribution < -0.4 is 5.73 Å². The molecular formula is C9H23N2S+. The molecule has 0 atom stereocenters. The van der Waals surface area contributed by atoms with Gasteiger partial charge in [0.25, 0.3) is 0 Å². The number of nitrogens with two attached hydrogens (primary N) is 1. The highest BCUT2D eigenvalue weighted by Gasteiger charge is 2.11. The smallest absolute Gasteiger partial charge is 0.0871 e. The molecule has 0 unspecified atom stereocenters. The van der Waals surface area contributed by atoms with Gasteiger partial charge >= 0.3 is 0 Å². The van der Waals surface area contributed by atoms with Crippen LogP contribution in [0.15, 0.2) is 0 Å². The van der Waals surface area contributed by atoms with Crippen molar-refractivity contribution in [2.24, 2.45) is 5.73 Å². The van der Waals surface area contributed by atoms with Crippen LogP contribution in [0.1, 0.15) is 19.3 Å². The van der Waals surface area contributed by atoms with Crippen LogP contribution in [0.2, 0.25) is 0 Å². The fourth-order valence-corrected chi connectivity index (χ4v) is 1.78. The van der Waals surface area contributed by atoms with Crippen LogP contribution in [0.3, 0.4) is 0 Å². The molecule has 0 saturated carbocycles. The fourth-order valence-electron chi connectivity index (χ4n) is 1.24. The summed E-state index contributed by atoms with van der Waals surface area (Å²) in [5.74, 6) is 0.976. The summed E-state index contributed by atoms with van der Waals surface area (Å²) >= 11 is 4.24. The van der Waals surface area contributed by atoms with Gasteiger partial charge < -0.3 is 10.2 Å². The van der Waals surface area contributed by atoms with Crippen molar-refractivity contribution in [2.75, 3.05) is 39.5 Å². The highest BCUT2D eigenvalue weighted by Crippen LogP contribution is 2.03. The zero-order valence-corrected chi connectivity index (χ0v) is 9.32. The summed E-state index contributed by atoms with van der Waals surface area (Å²) in [7, 11) is 4.53. The van der Waals surface area contributed by atoms with Gasteiger partial charge in [-0.1, -0.05) is 0 Å². The monoisotopic (exact) mass is 191 g/mol. The maximum Gasteiger partial charge on any atom is 0.0871 e. The van der Waals surface area contributed by atoms with E-state index in [1.54, 1.807) is 0 Å². The molecule has 12 heavy (non-hydrogen) atoms. The summed E-state index contributed by atoms with van der Waals surface area (Å²) in [6.07, 6.45) is 3.73. The Hall–Kier alpha value is 0.270. The molecule has 0 aromatic rings. The molecule has 2 N–H and O–H groups in total. The lowest BCUT2D eigenvalue weighted by molar-refractivity contribution is -0.888. The van der Waals surface area contributed by atoms with E-state index in [2.05, 4.69) is 26.7 Å². The largest absolute Gasteiger partial charge is 0.330 e. The van der Waals surface area contributed by atoms with Crippen molar-refractivity contribution in [3.05, 3.63) is 0 Å². The van der Waals surface area contributed by atoms with Gasteiger partial charge in [0.1, 0.15) is 0 Å². The lowest BCUT2D eigenvalue weighted by Crippen LogP contribution is -2.41. The molecular weight excluding hydrogens is 168 g/mol. The van der Waals surface area contributed by atoms with Crippen molar-refractivity contribution >= 4 is 12.6 Å². The Morgan fingerprint density at radius 2 is 1.75 bits per heavy atom. The van der Waals surface area contributed by atoms with Gasteiger partial charge in [0.05, 0.1) is 27.2 Å². The van der Waals surface area contributed by atoms with Crippen molar-refractivity contribution in [1.82, 2.24) is 0 Å². The van der Waals surface area contributed by atoms with E-state index in [4.69, 9.17) is 5.73 Å². The quantitative estimate of drug-likeness (QED) is 0.352. The van der Waals surface area contributed by atoms with Crippen LogP contribution >= 0.6 is 12.6 Å². The summed E-state index contributed by atoms with van der Waals surface area (Å²) in [6.45, 7) is 3.24. The first kappa shape index (κ1) is 12.3. The molecule has 0 saturated heterocycles. The van der Waals surface area contributed by atoms with Gasteiger partial charge in [-0.3, -0.25) is 0 Å². The first-order chi connectivity index (χ1) is 5.62. The number of hydrogen-bond acceptors (Lipinski definition) is 2. The van der Waals surface area contributed by atoms with E-state index in [-0.39, 0.29) is 0 Å². The SMILES string of the molecule is C[N+](C)(CCS)CCCCCN. The minimum absolute atomic E-state index is 0.833. The van der Waals surface area contributed by atoms with E-state index in [0.29, 0.717) is 0 Å². The Morgan fingerprint density at radius 3 is 2.25 bits per heavy atom. The normalized spacial score (nSPS) is 12.0. The van der Waals surface area contributed by atoms with Crippen molar-refractivity contribution in [3.63, 3.8) is 0 Å². The predicted molar refractivity (Wildman–Crippen MR) is 58.6 cm³/mol. The van der Waals surface area contributed by atoms with E-state index in [0.717, 1.165) is 23.3 Å². The molecule has 0 aliphatic carbocycles. The van der Waals surface area contributed by atoms with E-state index in [1.165, 1.54) is 25.8 Å². The van der Waals surface area contributed by atoms with Crippen LogP contribution in [0.25, 0.3) is 0 Å². The highest BCUT2D eigenvalue weighted by atomic mass is 32.1. The molecule has 0 aliphatic heterocycles. The van der Waals surface area contributed by atoms with Gasteiger partial charge in [-0.25, -0.2) is 0 Å². The summed E-state index contributed by atoms with van der Waals surface area (Å²) in [4.78, 5) is 0. The molecule has 0 aromatic heterocycles. The lowest BCUT2D eigenvalue weighted by Gasteiger charge is -2.29. The number of hydrogen-bond donors (Lipinski definition) is 2. The summed E-state index contributed by atoms with van der Waals surface area (Å²) < 4.78 is 1.09. The van der Waals surface area contributed by atoms with Crippen LogP contribution in [-0.2, 0) is 0 Å². The second kappa shape index (κ2) is 6.75. The van der Waals surface area contributed by atoms with Gasteiger partial charge in [0, 0.05) is 5.75 Å². The third-order valence-electron chi connectivity index (χ3n) is 2.17. The molecule has 0 aliphatic rings. The van der Waals surface area contributed by atoms with Gasteiger partial charge in [0.2, 0.25) is 0 Å². The van der Waals surface area contributed by atoms with E-state index in [9.17, 15) is 0 Å². The minimum atomic E-state index is 0.833. The number of quaternary nitrogens is 1. The zero-order valence-electron chi connectivity index (χ0n) is 8.42. The topological polar surface area (TPSA) is 26.0 Å². The van der Waals surface area contributed by atoms with E-state index >= 15 is 0 Å². The van der Waals surface area contributed by atoms with Gasteiger partial charge in [-0.15, -0.1) is 0 Å². The molecule has 0 heterocycles.